The number of carbonyl (C=O) groups is 1. The molecule has 2 saturated heterocycles. The molecule has 3 atom stereocenters. The van der Waals surface area contributed by atoms with Crippen LogP contribution < -0.4 is 10.6 Å². The lowest BCUT2D eigenvalue weighted by molar-refractivity contribution is -0.131. The van der Waals surface area contributed by atoms with E-state index < -0.39 is 0 Å². The summed E-state index contributed by atoms with van der Waals surface area (Å²) in [5.41, 5.74) is 1.14. The van der Waals surface area contributed by atoms with E-state index in [2.05, 4.69) is 21.6 Å². The van der Waals surface area contributed by atoms with Crippen molar-refractivity contribution < 1.29 is 9.53 Å². The Morgan fingerprint density at radius 3 is 3.05 bits per heavy atom. The van der Waals surface area contributed by atoms with Crippen LogP contribution in [0.15, 0.2) is 24.3 Å². The Balaban J connectivity index is 1.56. The molecule has 2 heterocycles. The number of nitrogens with zero attached hydrogens (tertiary/aromatic N) is 1. The van der Waals surface area contributed by atoms with Gasteiger partial charge in [0.15, 0.2) is 0 Å². The molecule has 0 aliphatic carbocycles. The third kappa shape index (κ3) is 3.60. The van der Waals surface area contributed by atoms with E-state index in [4.69, 9.17) is 16.3 Å². The van der Waals surface area contributed by atoms with Crippen LogP contribution in [0.5, 0.6) is 0 Å². The summed E-state index contributed by atoms with van der Waals surface area (Å²) in [6.45, 7) is 2.22. The van der Waals surface area contributed by atoms with Crippen LogP contribution in [0.3, 0.4) is 0 Å². The van der Waals surface area contributed by atoms with Crippen molar-refractivity contribution in [2.75, 3.05) is 26.7 Å². The van der Waals surface area contributed by atoms with Gasteiger partial charge in [0.05, 0.1) is 12.2 Å². The van der Waals surface area contributed by atoms with Gasteiger partial charge in [-0.05, 0) is 37.6 Å². The van der Waals surface area contributed by atoms with Crippen molar-refractivity contribution in [1.82, 2.24) is 15.5 Å². The fraction of sp³-hybridized carbons (Fsp3) is 0.562. The van der Waals surface area contributed by atoms with Crippen molar-refractivity contribution in [3.8, 4) is 0 Å². The first-order chi connectivity index (χ1) is 10.6. The molecule has 0 spiro atoms. The highest BCUT2D eigenvalue weighted by molar-refractivity contribution is 6.30. The van der Waals surface area contributed by atoms with Gasteiger partial charge < -0.3 is 10.1 Å². The van der Waals surface area contributed by atoms with Crippen LogP contribution in [0.25, 0.3) is 0 Å². The summed E-state index contributed by atoms with van der Waals surface area (Å²) in [7, 11) is 2.04. The maximum Gasteiger partial charge on any atom is 0.249 e. The van der Waals surface area contributed by atoms with Crippen molar-refractivity contribution >= 4 is 17.5 Å². The van der Waals surface area contributed by atoms with E-state index in [-0.39, 0.29) is 24.2 Å². The van der Waals surface area contributed by atoms with Gasteiger partial charge in [0, 0.05) is 24.7 Å². The highest BCUT2D eigenvalue weighted by atomic mass is 35.5. The van der Waals surface area contributed by atoms with Gasteiger partial charge in [-0.3, -0.25) is 15.0 Å². The van der Waals surface area contributed by atoms with Crippen molar-refractivity contribution in [2.24, 2.45) is 0 Å². The molecule has 5 nitrogen and oxygen atoms in total. The standard InChI is InChI=1S/C16H22ClN3O2/c1-20-10-13(19-16(21)14-6-3-7-22-14)9-18-15(20)11-4-2-5-12(17)8-11/h2,4-5,8,13-15,18H,3,6-7,9-10H2,1H3,(H,19,21). The van der Waals surface area contributed by atoms with E-state index in [0.29, 0.717) is 6.61 Å². The zero-order valence-corrected chi connectivity index (χ0v) is 13.5. The molecule has 2 aliphatic heterocycles. The van der Waals surface area contributed by atoms with E-state index in [1.54, 1.807) is 0 Å². The van der Waals surface area contributed by atoms with Crippen LogP contribution in [-0.2, 0) is 9.53 Å². The Labute approximate surface area is 136 Å². The van der Waals surface area contributed by atoms with Crippen molar-refractivity contribution in [3.63, 3.8) is 0 Å². The fourth-order valence-corrected chi connectivity index (χ4v) is 3.35. The summed E-state index contributed by atoms with van der Waals surface area (Å²) in [6.07, 6.45) is 1.65. The normalized spacial score (nSPS) is 29.5. The first kappa shape index (κ1) is 15.7. The molecule has 0 radical (unpaired) electrons. The lowest BCUT2D eigenvalue weighted by Gasteiger charge is -2.38. The van der Waals surface area contributed by atoms with Gasteiger partial charge in [0.1, 0.15) is 6.10 Å². The summed E-state index contributed by atoms with van der Waals surface area (Å²) in [6, 6.07) is 7.96. The smallest absolute Gasteiger partial charge is 0.249 e. The average Bonchev–Trinajstić information content (AvgIpc) is 3.01. The molecule has 6 heteroatoms. The number of halogens is 1. The second kappa shape index (κ2) is 6.96. The van der Waals surface area contributed by atoms with Crippen LogP contribution in [-0.4, -0.2) is 49.7 Å². The molecule has 1 aromatic rings. The summed E-state index contributed by atoms with van der Waals surface area (Å²) in [5.74, 6) is 0.0129. The summed E-state index contributed by atoms with van der Waals surface area (Å²) < 4.78 is 5.43. The number of hydrogen-bond donors (Lipinski definition) is 2. The summed E-state index contributed by atoms with van der Waals surface area (Å²) >= 11 is 6.06. The molecule has 3 unspecified atom stereocenters. The van der Waals surface area contributed by atoms with Crippen LogP contribution >= 0.6 is 11.6 Å². The highest BCUT2D eigenvalue weighted by Crippen LogP contribution is 2.22. The molecule has 120 valence electrons. The summed E-state index contributed by atoms with van der Waals surface area (Å²) in [4.78, 5) is 14.3. The zero-order valence-electron chi connectivity index (χ0n) is 12.7. The molecule has 3 rings (SSSR count). The summed E-state index contributed by atoms with van der Waals surface area (Å²) in [5, 5.41) is 7.29. The van der Waals surface area contributed by atoms with Crippen molar-refractivity contribution in [3.05, 3.63) is 34.9 Å². The number of nitrogens with one attached hydrogen (secondary N) is 2. The van der Waals surface area contributed by atoms with Gasteiger partial charge in [0.25, 0.3) is 0 Å². The maximum absolute atomic E-state index is 12.1. The molecule has 0 bridgehead atoms. The molecule has 1 amide bonds. The molecular weight excluding hydrogens is 302 g/mol. The molecule has 2 fully saturated rings. The molecule has 22 heavy (non-hydrogen) atoms. The predicted octanol–water partition coefficient (Wildman–Crippen LogP) is 1.54. The highest BCUT2D eigenvalue weighted by Gasteiger charge is 2.30. The SMILES string of the molecule is CN1CC(NC(=O)C2CCCO2)CNC1c1cccc(Cl)c1. The molecule has 1 aromatic carbocycles. The number of ether oxygens (including phenoxy) is 1. The van der Waals surface area contributed by atoms with Gasteiger partial charge in [-0.25, -0.2) is 0 Å². The number of rotatable bonds is 3. The third-order valence-corrected chi connectivity index (χ3v) is 4.47. The number of hydrogen-bond acceptors (Lipinski definition) is 4. The predicted molar refractivity (Wildman–Crippen MR) is 85.7 cm³/mol. The van der Waals surface area contributed by atoms with Crippen molar-refractivity contribution in [1.29, 1.82) is 0 Å². The second-order valence-electron chi connectivity index (χ2n) is 6.01. The Morgan fingerprint density at radius 2 is 2.36 bits per heavy atom. The van der Waals surface area contributed by atoms with Gasteiger partial charge in [-0.15, -0.1) is 0 Å². The van der Waals surface area contributed by atoms with E-state index in [0.717, 1.165) is 36.5 Å². The van der Waals surface area contributed by atoms with E-state index in [1.165, 1.54) is 0 Å². The first-order valence-electron chi connectivity index (χ1n) is 7.74. The molecular formula is C16H22ClN3O2. The number of carbonyl (C=O) groups excluding carboxylic acids is 1. The first-order valence-corrected chi connectivity index (χ1v) is 8.12. The van der Waals surface area contributed by atoms with E-state index in [1.807, 2.05) is 25.2 Å². The Bertz CT molecular complexity index is 534. The quantitative estimate of drug-likeness (QED) is 0.886. The van der Waals surface area contributed by atoms with Crippen molar-refractivity contribution in [2.45, 2.75) is 31.2 Å². The van der Waals surface area contributed by atoms with Gasteiger partial charge >= 0.3 is 0 Å². The zero-order chi connectivity index (χ0) is 15.5. The molecule has 0 saturated carbocycles. The largest absolute Gasteiger partial charge is 0.368 e. The maximum atomic E-state index is 12.1. The Hall–Kier alpha value is -1.14. The Kier molecular flexibility index (Phi) is 4.98. The minimum absolute atomic E-state index is 0.0129. The van der Waals surface area contributed by atoms with Crippen LogP contribution in [0.1, 0.15) is 24.6 Å². The fourth-order valence-electron chi connectivity index (χ4n) is 3.15. The van der Waals surface area contributed by atoms with Crippen LogP contribution in [0.2, 0.25) is 5.02 Å². The lowest BCUT2D eigenvalue weighted by atomic mass is 10.1. The minimum atomic E-state index is -0.268. The van der Waals surface area contributed by atoms with E-state index >= 15 is 0 Å². The topological polar surface area (TPSA) is 53.6 Å². The van der Waals surface area contributed by atoms with E-state index in [9.17, 15) is 4.79 Å². The second-order valence-corrected chi connectivity index (χ2v) is 6.45. The monoisotopic (exact) mass is 323 g/mol. The third-order valence-electron chi connectivity index (χ3n) is 4.24. The van der Waals surface area contributed by atoms with Gasteiger partial charge in [0.2, 0.25) is 5.91 Å². The number of amides is 1. The lowest BCUT2D eigenvalue weighted by Crippen LogP contribution is -2.57. The number of benzene rings is 1. The van der Waals surface area contributed by atoms with Gasteiger partial charge in [-0.1, -0.05) is 23.7 Å². The van der Waals surface area contributed by atoms with Gasteiger partial charge in [-0.2, -0.15) is 0 Å². The minimum Gasteiger partial charge on any atom is -0.368 e. The molecule has 2 N–H and O–H groups in total. The Morgan fingerprint density at radius 1 is 1.50 bits per heavy atom. The average molecular weight is 324 g/mol. The van der Waals surface area contributed by atoms with Crippen LogP contribution in [0.4, 0.5) is 0 Å². The number of likely N-dealkylation sites (N-methyl/N-ethyl adjacent to an activating group) is 1. The molecule has 2 aliphatic rings. The van der Waals surface area contributed by atoms with Crippen LogP contribution in [0, 0.1) is 0 Å². The molecule has 0 aromatic heterocycles.